The van der Waals surface area contributed by atoms with Crippen LogP contribution in [0.25, 0.3) is 10.8 Å². The van der Waals surface area contributed by atoms with Gasteiger partial charge in [-0.15, -0.1) is 0 Å². The molecule has 0 saturated heterocycles. The van der Waals surface area contributed by atoms with E-state index in [2.05, 4.69) is 0 Å². The van der Waals surface area contributed by atoms with E-state index in [0.29, 0.717) is 5.39 Å². The Morgan fingerprint density at radius 2 is 1.62 bits per heavy atom. The van der Waals surface area contributed by atoms with Crippen LogP contribution in [0.15, 0.2) is 47.4 Å². The molecule has 2 aromatic carbocycles. The van der Waals surface area contributed by atoms with Crippen LogP contribution in [0, 0.1) is 0 Å². The molecule has 0 amide bonds. The number of hydrogen-bond acceptors (Lipinski definition) is 3. The van der Waals surface area contributed by atoms with Crippen LogP contribution in [0.1, 0.15) is 6.92 Å². The zero-order valence-electron chi connectivity index (χ0n) is 8.67. The van der Waals surface area contributed by atoms with Gasteiger partial charge in [0.2, 0.25) is 15.0 Å². The van der Waals surface area contributed by atoms with Crippen LogP contribution < -0.4 is 0 Å². The van der Waals surface area contributed by atoms with Crippen LogP contribution in [-0.2, 0) is 14.6 Å². The van der Waals surface area contributed by atoms with Crippen LogP contribution in [0.3, 0.4) is 0 Å². The van der Waals surface area contributed by atoms with Crippen molar-refractivity contribution in [1.29, 1.82) is 0 Å². The third-order valence-electron chi connectivity index (χ3n) is 2.42. The molecule has 3 nitrogen and oxygen atoms in total. The third-order valence-corrected chi connectivity index (χ3v) is 4.11. The van der Waals surface area contributed by atoms with E-state index in [-0.39, 0.29) is 4.90 Å². The molecule has 0 atom stereocenters. The van der Waals surface area contributed by atoms with Crippen molar-refractivity contribution in [1.82, 2.24) is 0 Å². The van der Waals surface area contributed by atoms with Gasteiger partial charge in [0.1, 0.15) is 0 Å². The first-order valence-electron chi connectivity index (χ1n) is 4.77. The molecule has 0 aliphatic carbocycles. The Morgan fingerprint density at radius 1 is 1.00 bits per heavy atom. The Morgan fingerprint density at radius 3 is 2.31 bits per heavy atom. The molecule has 2 rings (SSSR count). The van der Waals surface area contributed by atoms with Gasteiger partial charge in [0.05, 0.1) is 4.90 Å². The first kappa shape index (κ1) is 10.8. The van der Waals surface area contributed by atoms with Crippen molar-refractivity contribution >= 4 is 25.7 Å². The van der Waals surface area contributed by atoms with Gasteiger partial charge in [-0.25, -0.2) is 8.42 Å². The molecule has 0 spiro atoms. The Hall–Kier alpha value is -1.68. The lowest BCUT2D eigenvalue weighted by Gasteiger charge is -2.04. The lowest BCUT2D eigenvalue weighted by atomic mass is 10.1. The van der Waals surface area contributed by atoms with Crippen LogP contribution in [-0.4, -0.2) is 13.5 Å². The van der Waals surface area contributed by atoms with Crippen LogP contribution in [0.5, 0.6) is 0 Å². The molecule has 0 saturated carbocycles. The predicted octanol–water partition coefficient (Wildman–Crippen LogP) is 2.16. The van der Waals surface area contributed by atoms with Gasteiger partial charge in [0, 0.05) is 12.3 Å². The van der Waals surface area contributed by atoms with Crippen molar-refractivity contribution in [2.45, 2.75) is 11.8 Å². The number of hydrogen-bond donors (Lipinski definition) is 0. The molecule has 2 aromatic rings. The average molecular weight is 234 g/mol. The van der Waals surface area contributed by atoms with E-state index in [1.807, 2.05) is 18.2 Å². The molecule has 82 valence electrons. The van der Waals surface area contributed by atoms with Gasteiger partial charge < -0.3 is 0 Å². The van der Waals surface area contributed by atoms with Crippen molar-refractivity contribution in [3.8, 4) is 0 Å². The molecule has 16 heavy (non-hydrogen) atoms. The molecule has 0 aliphatic rings. The lowest BCUT2D eigenvalue weighted by molar-refractivity contribution is -0.109. The topological polar surface area (TPSA) is 51.2 Å². The second kappa shape index (κ2) is 3.72. The molecule has 0 radical (unpaired) electrons. The summed E-state index contributed by atoms with van der Waals surface area (Å²) in [5, 5.41) is 0.564. The van der Waals surface area contributed by atoms with Crippen molar-refractivity contribution < 1.29 is 13.2 Å². The summed E-state index contributed by atoms with van der Waals surface area (Å²) in [5.41, 5.74) is 0. The van der Waals surface area contributed by atoms with E-state index in [1.165, 1.54) is 6.07 Å². The van der Waals surface area contributed by atoms with Crippen molar-refractivity contribution in [2.75, 3.05) is 0 Å². The Kier molecular flexibility index (Phi) is 2.52. The summed E-state index contributed by atoms with van der Waals surface area (Å²) >= 11 is 0. The van der Waals surface area contributed by atoms with Gasteiger partial charge in [-0.3, -0.25) is 4.79 Å². The maximum atomic E-state index is 11.8. The van der Waals surface area contributed by atoms with E-state index < -0.39 is 15.0 Å². The number of rotatable bonds is 1. The van der Waals surface area contributed by atoms with Crippen LogP contribution in [0.2, 0.25) is 0 Å². The van der Waals surface area contributed by atoms with Crippen molar-refractivity contribution in [3.05, 3.63) is 42.5 Å². The van der Waals surface area contributed by atoms with Gasteiger partial charge in [-0.2, -0.15) is 0 Å². The van der Waals surface area contributed by atoms with E-state index >= 15 is 0 Å². The summed E-state index contributed by atoms with van der Waals surface area (Å²) < 4.78 is 23.6. The van der Waals surface area contributed by atoms with Gasteiger partial charge in [0.25, 0.3) is 0 Å². The maximum absolute atomic E-state index is 11.8. The standard InChI is InChI=1S/C12H10O3S/c1-9(13)16(14,15)12-8-4-6-10-5-2-3-7-11(10)12/h2-8H,1H3. The van der Waals surface area contributed by atoms with Gasteiger partial charge >= 0.3 is 0 Å². The van der Waals surface area contributed by atoms with Crippen molar-refractivity contribution in [2.24, 2.45) is 0 Å². The van der Waals surface area contributed by atoms with E-state index in [1.54, 1.807) is 18.2 Å². The summed E-state index contributed by atoms with van der Waals surface area (Å²) in [6.07, 6.45) is 0. The smallest absolute Gasteiger partial charge is 0.248 e. The molecular formula is C12H10O3S. The first-order chi connectivity index (χ1) is 7.53. The Balaban J connectivity index is 2.86. The summed E-state index contributed by atoms with van der Waals surface area (Å²) in [4.78, 5) is 11.2. The Bertz CT molecular complexity index is 652. The number of carbonyl (C=O) groups excluding carboxylic acids is 1. The highest BCUT2D eigenvalue weighted by Gasteiger charge is 2.22. The molecule has 0 heterocycles. The summed E-state index contributed by atoms with van der Waals surface area (Å²) in [6, 6.07) is 12.0. The first-order valence-corrected chi connectivity index (χ1v) is 6.25. The summed E-state index contributed by atoms with van der Waals surface area (Å²) in [5.74, 6) is 0. The zero-order chi connectivity index (χ0) is 11.8. The number of carbonyl (C=O) groups is 1. The van der Waals surface area contributed by atoms with Crippen LogP contribution >= 0.6 is 0 Å². The highest BCUT2D eigenvalue weighted by Crippen LogP contribution is 2.23. The molecule has 0 unspecified atom stereocenters. The third kappa shape index (κ3) is 1.61. The van der Waals surface area contributed by atoms with Gasteiger partial charge in [-0.1, -0.05) is 36.4 Å². The van der Waals surface area contributed by atoms with E-state index in [0.717, 1.165) is 12.3 Å². The van der Waals surface area contributed by atoms with Crippen molar-refractivity contribution in [3.63, 3.8) is 0 Å². The molecule has 0 aliphatic heterocycles. The summed E-state index contributed by atoms with van der Waals surface area (Å²) in [6.45, 7) is 1.07. The average Bonchev–Trinajstić information content (AvgIpc) is 2.28. The van der Waals surface area contributed by atoms with E-state index in [4.69, 9.17) is 0 Å². The van der Waals surface area contributed by atoms with E-state index in [9.17, 15) is 13.2 Å². The minimum atomic E-state index is -3.84. The minimum absolute atomic E-state index is 0.0816. The molecule has 0 aromatic heterocycles. The Labute approximate surface area is 93.6 Å². The zero-order valence-corrected chi connectivity index (χ0v) is 9.49. The number of sulfone groups is 1. The van der Waals surface area contributed by atoms with Crippen LogP contribution in [0.4, 0.5) is 0 Å². The van der Waals surface area contributed by atoms with Gasteiger partial charge in [-0.05, 0) is 11.5 Å². The quantitative estimate of drug-likeness (QED) is 0.759. The number of benzene rings is 2. The second-order valence-electron chi connectivity index (χ2n) is 3.47. The van der Waals surface area contributed by atoms with Gasteiger partial charge in [0.15, 0.2) is 0 Å². The number of fused-ring (bicyclic) bond motifs is 1. The fourth-order valence-corrected chi connectivity index (χ4v) is 2.63. The molecule has 0 bridgehead atoms. The lowest BCUT2D eigenvalue weighted by Crippen LogP contribution is -2.11. The fourth-order valence-electron chi connectivity index (χ4n) is 1.58. The maximum Gasteiger partial charge on any atom is 0.248 e. The molecule has 0 fully saturated rings. The largest absolute Gasteiger partial charge is 0.282 e. The predicted molar refractivity (Wildman–Crippen MR) is 61.8 cm³/mol. The highest BCUT2D eigenvalue weighted by molar-refractivity contribution is 8.06. The highest BCUT2D eigenvalue weighted by atomic mass is 32.2. The minimum Gasteiger partial charge on any atom is -0.282 e. The molecule has 0 N–H and O–H groups in total. The summed E-state index contributed by atoms with van der Waals surface area (Å²) in [7, 11) is -3.84. The fraction of sp³-hybridized carbons (Fsp3) is 0.0833. The second-order valence-corrected chi connectivity index (χ2v) is 5.49. The monoisotopic (exact) mass is 234 g/mol. The molecule has 4 heteroatoms. The SMILES string of the molecule is CC(=O)S(=O)(=O)c1cccc2ccccc12. The normalized spacial score (nSPS) is 11.6. The molecular weight excluding hydrogens is 224 g/mol.